The Morgan fingerprint density at radius 1 is 0.714 bits per heavy atom. The molecule has 0 bridgehead atoms. The summed E-state index contributed by atoms with van der Waals surface area (Å²) in [7, 11) is 0. The van der Waals surface area contributed by atoms with E-state index in [4.69, 9.17) is 9.47 Å². The second kappa shape index (κ2) is 12.3. The van der Waals surface area contributed by atoms with Gasteiger partial charge in [-0.1, -0.05) is 27.7 Å². The van der Waals surface area contributed by atoms with Crippen LogP contribution < -0.4 is 10.6 Å². The number of hydrogen-bond donors (Lipinski definition) is 4. The van der Waals surface area contributed by atoms with Gasteiger partial charge in [-0.25, -0.2) is 9.59 Å². The number of ether oxygens (including phenoxy) is 2. The predicted octanol–water partition coefficient (Wildman–Crippen LogP) is -0.884. The monoisotopic (exact) mass is 404 g/mol. The number of carbonyl (C=O) groups is 4. The zero-order valence-electron chi connectivity index (χ0n) is 17.2. The summed E-state index contributed by atoms with van der Waals surface area (Å²) in [5, 5.41) is 24.5. The predicted molar refractivity (Wildman–Crippen MR) is 98.8 cm³/mol. The first-order valence-electron chi connectivity index (χ1n) is 9.27. The molecule has 0 unspecified atom stereocenters. The van der Waals surface area contributed by atoms with Gasteiger partial charge in [-0.3, -0.25) is 9.59 Å². The molecular formula is C18H32N2O8. The van der Waals surface area contributed by atoms with Crippen molar-refractivity contribution < 1.29 is 38.9 Å². The molecule has 4 atom stereocenters. The van der Waals surface area contributed by atoms with E-state index >= 15 is 0 Å². The van der Waals surface area contributed by atoms with Crippen LogP contribution in [0.1, 0.15) is 41.5 Å². The van der Waals surface area contributed by atoms with E-state index in [9.17, 15) is 29.4 Å². The lowest BCUT2D eigenvalue weighted by atomic mass is 10.0. The Kier molecular flexibility index (Phi) is 11.3. The highest BCUT2D eigenvalue weighted by molar-refractivity contribution is 5.94. The summed E-state index contributed by atoms with van der Waals surface area (Å²) < 4.78 is 9.71. The zero-order valence-corrected chi connectivity index (χ0v) is 17.2. The van der Waals surface area contributed by atoms with Crippen LogP contribution >= 0.6 is 0 Å². The molecule has 2 amide bonds. The number of aliphatic hydroxyl groups excluding tert-OH is 2. The van der Waals surface area contributed by atoms with Gasteiger partial charge in [0.25, 0.3) is 11.8 Å². The van der Waals surface area contributed by atoms with Crippen molar-refractivity contribution in [2.45, 2.75) is 65.8 Å². The van der Waals surface area contributed by atoms with E-state index in [1.54, 1.807) is 41.5 Å². The van der Waals surface area contributed by atoms with Crippen LogP contribution in [-0.4, -0.2) is 71.5 Å². The van der Waals surface area contributed by atoms with Gasteiger partial charge in [-0.2, -0.15) is 0 Å². The minimum absolute atomic E-state index is 0.107. The number of rotatable bonds is 11. The summed E-state index contributed by atoms with van der Waals surface area (Å²) in [6, 6.07) is -2.11. The second-order valence-corrected chi connectivity index (χ2v) is 6.85. The summed E-state index contributed by atoms with van der Waals surface area (Å²) in [6.07, 6.45) is -4.30. The lowest BCUT2D eigenvalue weighted by Gasteiger charge is -2.25. The molecule has 0 saturated heterocycles. The molecular weight excluding hydrogens is 372 g/mol. The average molecular weight is 404 g/mol. The van der Waals surface area contributed by atoms with Crippen LogP contribution in [0.15, 0.2) is 0 Å². The topological polar surface area (TPSA) is 151 Å². The summed E-state index contributed by atoms with van der Waals surface area (Å²) in [6.45, 7) is 10.1. The molecule has 0 aliphatic heterocycles. The van der Waals surface area contributed by atoms with Crippen LogP contribution in [0.25, 0.3) is 0 Å². The van der Waals surface area contributed by atoms with E-state index in [1.165, 1.54) is 0 Å². The van der Waals surface area contributed by atoms with E-state index < -0.39 is 48.0 Å². The van der Waals surface area contributed by atoms with Gasteiger partial charge in [0, 0.05) is 0 Å². The minimum Gasteiger partial charge on any atom is -0.464 e. The number of esters is 2. The van der Waals surface area contributed by atoms with Crippen molar-refractivity contribution >= 4 is 23.8 Å². The number of nitrogens with one attached hydrogen (secondary N) is 2. The summed E-state index contributed by atoms with van der Waals surface area (Å²) in [5.74, 6) is -4.33. The minimum atomic E-state index is -2.15. The van der Waals surface area contributed by atoms with Crippen molar-refractivity contribution in [3.63, 3.8) is 0 Å². The third-order valence-corrected chi connectivity index (χ3v) is 3.85. The van der Waals surface area contributed by atoms with E-state index in [1.807, 2.05) is 0 Å². The standard InChI is InChI=1S/C18H32N2O8/c1-7-27-17(25)11(9(3)4)19-15(23)13(21)14(22)16(24)20-12(10(5)6)18(26)28-8-2/h9-14,21-22H,7-8H2,1-6H3,(H,19,23)(H,20,24)/t11-,12-,13-,14-/m0/s1. The largest absolute Gasteiger partial charge is 0.464 e. The van der Waals surface area contributed by atoms with E-state index in [0.29, 0.717) is 0 Å². The normalized spacial score (nSPS) is 15.4. The first-order valence-corrected chi connectivity index (χ1v) is 9.27. The highest BCUT2D eigenvalue weighted by Crippen LogP contribution is 2.08. The van der Waals surface area contributed by atoms with Crippen LogP contribution in [0, 0.1) is 11.8 Å². The van der Waals surface area contributed by atoms with E-state index in [2.05, 4.69) is 10.6 Å². The van der Waals surface area contributed by atoms with E-state index in [0.717, 1.165) is 0 Å². The Hall–Kier alpha value is -2.20. The third-order valence-electron chi connectivity index (χ3n) is 3.85. The molecule has 10 nitrogen and oxygen atoms in total. The van der Waals surface area contributed by atoms with Gasteiger partial charge in [0.15, 0.2) is 12.2 Å². The van der Waals surface area contributed by atoms with Gasteiger partial charge < -0.3 is 30.3 Å². The van der Waals surface area contributed by atoms with Crippen LogP contribution in [0.3, 0.4) is 0 Å². The fraction of sp³-hybridized carbons (Fsp3) is 0.778. The van der Waals surface area contributed by atoms with Crippen molar-refractivity contribution in [2.75, 3.05) is 13.2 Å². The summed E-state index contributed by atoms with van der Waals surface area (Å²) >= 11 is 0. The summed E-state index contributed by atoms with van der Waals surface area (Å²) in [4.78, 5) is 48.1. The molecule has 0 heterocycles. The summed E-state index contributed by atoms with van der Waals surface area (Å²) in [5.41, 5.74) is 0. The van der Waals surface area contributed by atoms with Crippen LogP contribution in [0.4, 0.5) is 0 Å². The van der Waals surface area contributed by atoms with Crippen LogP contribution in [-0.2, 0) is 28.7 Å². The van der Waals surface area contributed by atoms with Crippen LogP contribution in [0.2, 0.25) is 0 Å². The first-order chi connectivity index (χ1) is 13.0. The maximum Gasteiger partial charge on any atom is 0.328 e. The van der Waals surface area contributed by atoms with Crippen molar-refractivity contribution in [1.82, 2.24) is 10.6 Å². The van der Waals surface area contributed by atoms with Gasteiger partial charge in [0.05, 0.1) is 13.2 Å². The Morgan fingerprint density at radius 2 is 1.00 bits per heavy atom. The molecule has 0 aliphatic rings. The Balaban J connectivity index is 5.07. The number of carbonyl (C=O) groups excluding carboxylic acids is 4. The SMILES string of the molecule is CCOC(=O)[C@@H](NC(=O)[C@@H](O)[C@H](O)C(=O)N[C@H](C(=O)OCC)C(C)C)C(C)C. The molecule has 162 valence electrons. The molecule has 0 aromatic carbocycles. The fourth-order valence-electron chi connectivity index (χ4n) is 2.22. The Bertz CT molecular complexity index is 502. The van der Waals surface area contributed by atoms with Gasteiger partial charge in [0.1, 0.15) is 12.1 Å². The molecule has 0 aliphatic carbocycles. The van der Waals surface area contributed by atoms with Crippen molar-refractivity contribution in [3.05, 3.63) is 0 Å². The second-order valence-electron chi connectivity index (χ2n) is 6.85. The van der Waals surface area contributed by atoms with Crippen LogP contribution in [0.5, 0.6) is 0 Å². The van der Waals surface area contributed by atoms with Gasteiger partial charge in [0.2, 0.25) is 0 Å². The third kappa shape index (κ3) is 7.81. The molecule has 0 radical (unpaired) electrons. The molecule has 10 heteroatoms. The highest BCUT2D eigenvalue weighted by Gasteiger charge is 2.36. The van der Waals surface area contributed by atoms with E-state index in [-0.39, 0.29) is 25.0 Å². The highest BCUT2D eigenvalue weighted by atomic mass is 16.5. The molecule has 0 aromatic heterocycles. The number of hydrogen-bond acceptors (Lipinski definition) is 8. The lowest BCUT2D eigenvalue weighted by Crippen LogP contribution is -2.56. The quantitative estimate of drug-likeness (QED) is 0.324. The van der Waals surface area contributed by atoms with Crippen molar-refractivity contribution in [2.24, 2.45) is 11.8 Å². The molecule has 28 heavy (non-hydrogen) atoms. The zero-order chi connectivity index (χ0) is 22.0. The molecule has 0 saturated carbocycles. The van der Waals surface area contributed by atoms with Gasteiger partial charge >= 0.3 is 11.9 Å². The fourth-order valence-corrected chi connectivity index (χ4v) is 2.22. The maximum absolute atomic E-state index is 12.2. The molecule has 0 spiro atoms. The lowest BCUT2D eigenvalue weighted by molar-refractivity contribution is -0.155. The Labute approximate surface area is 165 Å². The first kappa shape index (κ1) is 25.8. The molecule has 0 rings (SSSR count). The maximum atomic E-state index is 12.2. The number of aliphatic hydroxyl groups is 2. The molecule has 0 aromatic rings. The van der Waals surface area contributed by atoms with Crippen molar-refractivity contribution in [1.29, 1.82) is 0 Å². The van der Waals surface area contributed by atoms with Gasteiger partial charge in [-0.15, -0.1) is 0 Å². The molecule has 0 fully saturated rings. The van der Waals surface area contributed by atoms with Gasteiger partial charge in [-0.05, 0) is 25.7 Å². The molecule has 4 N–H and O–H groups in total. The number of amides is 2. The Morgan fingerprint density at radius 3 is 1.21 bits per heavy atom. The average Bonchev–Trinajstić information content (AvgIpc) is 2.61. The van der Waals surface area contributed by atoms with Crippen molar-refractivity contribution in [3.8, 4) is 0 Å². The smallest absolute Gasteiger partial charge is 0.328 e.